The first-order valence-electron chi connectivity index (χ1n) is 7.96. The number of carbonyl (C=O) groups excluding carboxylic acids is 1. The van der Waals surface area contributed by atoms with E-state index in [0.717, 1.165) is 16.6 Å². The molecule has 1 aliphatic rings. The maximum atomic E-state index is 10.3. The van der Waals surface area contributed by atoms with Crippen LogP contribution in [-0.2, 0) is 4.79 Å². The Balaban J connectivity index is 0.000000231. The van der Waals surface area contributed by atoms with Crippen molar-refractivity contribution in [3.63, 3.8) is 0 Å². The van der Waals surface area contributed by atoms with Gasteiger partial charge in [0.15, 0.2) is 0 Å². The van der Waals surface area contributed by atoms with Crippen molar-refractivity contribution in [3.05, 3.63) is 36.5 Å². The van der Waals surface area contributed by atoms with Crippen molar-refractivity contribution in [2.75, 3.05) is 5.32 Å². The minimum Gasteiger partial charge on any atom is -0.327 e. The number of hydrogen-bond acceptors (Lipinski definition) is 2. The Morgan fingerprint density at radius 2 is 1.52 bits per heavy atom. The summed E-state index contributed by atoms with van der Waals surface area (Å²) in [5.74, 6) is 0. The van der Waals surface area contributed by atoms with Crippen molar-refractivity contribution in [2.45, 2.75) is 52.4 Å². The molecule has 1 aromatic heterocycles. The average Bonchev–Trinajstić information content (AvgIpc) is 2.59. The number of fused-ring (bicyclic) bond motifs is 1. The highest BCUT2D eigenvalue weighted by molar-refractivity contribution is 5.94. The largest absolute Gasteiger partial charge is 0.327 e. The summed E-state index contributed by atoms with van der Waals surface area (Å²) < 4.78 is 0. The number of rotatable bonds is 2. The van der Waals surface area contributed by atoms with Gasteiger partial charge in [-0.3, -0.25) is 9.78 Å². The maximum Gasteiger partial charge on any atom is 0.211 e. The van der Waals surface area contributed by atoms with Crippen molar-refractivity contribution in [2.24, 2.45) is 0 Å². The molecule has 3 rings (SSSR count). The van der Waals surface area contributed by atoms with Crippen LogP contribution in [0.5, 0.6) is 0 Å². The Hall–Kier alpha value is -1.90. The van der Waals surface area contributed by atoms with Crippen LogP contribution in [0.3, 0.4) is 0 Å². The fourth-order valence-corrected chi connectivity index (χ4v) is 2.34. The topological polar surface area (TPSA) is 42.0 Å². The van der Waals surface area contributed by atoms with Gasteiger partial charge in [-0.05, 0) is 12.1 Å². The number of amides is 1. The second-order valence-corrected chi connectivity index (χ2v) is 4.76. The SMILES string of the molecule is C1CCCCC1.CC.O=CNc1cccc2cccnc12. The molecule has 114 valence electrons. The Morgan fingerprint density at radius 3 is 2.10 bits per heavy atom. The minimum absolute atomic E-state index is 0.656. The van der Waals surface area contributed by atoms with Gasteiger partial charge in [0, 0.05) is 11.6 Å². The van der Waals surface area contributed by atoms with E-state index in [1.54, 1.807) is 6.20 Å². The van der Waals surface area contributed by atoms with Crippen LogP contribution in [0.15, 0.2) is 36.5 Å². The molecule has 1 N–H and O–H groups in total. The van der Waals surface area contributed by atoms with Gasteiger partial charge >= 0.3 is 0 Å². The molecular weight excluding hydrogens is 260 g/mol. The molecule has 3 heteroatoms. The third-order valence-electron chi connectivity index (χ3n) is 3.35. The smallest absolute Gasteiger partial charge is 0.211 e. The summed E-state index contributed by atoms with van der Waals surface area (Å²) >= 11 is 0. The van der Waals surface area contributed by atoms with Gasteiger partial charge in [-0.25, -0.2) is 0 Å². The summed E-state index contributed by atoms with van der Waals surface area (Å²) in [7, 11) is 0. The predicted molar refractivity (Wildman–Crippen MR) is 90.5 cm³/mol. The summed E-state index contributed by atoms with van der Waals surface area (Å²) in [6.07, 6.45) is 11.4. The van der Waals surface area contributed by atoms with E-state index in [4.69, 9.17) is 0 Å². The first kappa shape index (κ1) is 17.2. The van der Waals surface area contributed by atoms with Crippen LogP contribution in [0, 0.1) is 0 Å². The number of anilines is 1. The summed E-state index contributed by atoms with van der Waals surface area (Å²) in [5, 5.41) is 3.63. The quantitative estimate of drug-likeness (QED) is 0.774. The molecular formula is C18H26N2O. The first-order valence-corrected chi connectivity index (χ1v) is 7.96. The maximum absolute atomic E-state index is 10.3. The molecule has 0 unspecified atom stereocenters. The Labute approximate surface area is 127 Å². The number of hydrogen-bond donors (Lipinski definition) is 1. The van der Waals surface area contributed by atoms with Crippen LogP contribution in [-0.4, -0.2) is 11.4 Å². The number of nitrogens with zero attached hydrogens (tertiary/aromatic N) is 1. The van der Waals surface area contributed by atoms with Gasteiger partial charge in [0.05, 0.1) is 11.2 Å². The van der Waals surface area contributed by atoms with E-state index < -0.39 is 0 Å². The Bertz CT molecular complexity index is 505. The summed E-state index contributed by atoms with van der Waals surface area (Å²) in [5.41, 5.74) is 1.56. The highest BCUT2D eigenvalue weighted by Crippen LogP contribution is 2.19. The van der Waals surface area contributed by atoms with E-state index in [1.165, 1.54) is 38.5 Å². The van der Waals surface area contributed by atoms with E-state index >= 15 is 0 Å². The molecule has 3 nitrogen and oxygen atoms in total. The van der Waals surface area contributed by atoms with E-state index in [9.17, 15) is 4.79 Å². The Kier molecular flexibility index (Phi) is 8.85. The molecule has 0 spiro atoms. The molecule has 0 saturated heterocycles. The summed E-state index contributed by atoms with van der Waals surface area (Å²) in [6.45, 7) is 4.00. The van der Waals surface area contributed by atoms with E-state index in [1.807, 2.05) is 44.2 Å². The molecule has 0 atom stereocenters. The monoisotopic (exact) mass is 286 g/mol. The van der Waals surface area contributed by atoms with Crippen LogP contribution < -0.4 is 5.32 Å². The van der Waals surface area contributed by atoms with Gasteiger partial charge in [0.1, 0.15) is 0 Å². The lowest BCUT2D eigenvalue weighted by molar-refractivity contribution is -0.105. The van der Waals surface area contributed by atoms with Crippen molar-refractivity contribution in [1.82, 2.24) is 4.98 Å². The lowest BCUT2D eigenvalue weighted by Crippen LogP contribution is -1.95. The molecule has 1 amide bonds. The molecule has 0 radical (unpaired) electrons. The molecule has 1 heterocycles. The number of para-hydroxylation sites is 1. The van der Waals surface area contributed by atoms with E-state index in [-0.39, 0.29) is 0 Å². The molecule has 0 aliphatic heterocycles. The van der Waals surface area contributed by atoms with E-state index in [2.05, 4.69) is 10.3 Å². The van der Waals surface area contributed by atoms with Gasteiger partial charge in [-0.15, -0.1) is 0 Å². The van der Waals surface area contributed by atoms with Gasteiger partial charge in [0.25, 0.3) is 0 Å². The zero-order valence-corrected chi connectivity index (χ0v) is 13.1. The van der Waals surface area contributed by atoms with Crippen molar-refractivity contribution in [1.29, 1.82) is 0 Å². The molecule has 2 aromatic rings. The molecule has 0 bridgehead atoms. The second-order valence-electron chi connectivity index (χ2n) is 4.76. The van der Waals surface area contributed by atoms with Crippen LogP contribution in [0.2, 0.25) is 0 Å². The van der Waals surface area contributed by atoms with E-state index in [0.29, 0.717) is 6.41 Å². The van der Waals surface area contributed by atoms with Gasteiger partial charge in [0.2, 0.25) is 6.41 Å². The molecule has 1 fully saturated rings. The first-order chi connectivity index (χ1) is 10.4. The number of benzene rings is 1. The highest BCUT2D eigenvalue weighted by Gasteiger charge is 1.98. The number of aromatic nitrogens is 1. The third-order valence-corrected chi connectivity index (χ3v) is 3.35. The van der Waals surface area contributed by atoms with Crippen molar-refractivity contribution < 1.29 is 4.79 Å². The number of carbonyl (C=O) groups is 1. The standard InChI is InChI=1S/C10H8N2O.C6H12.C2H6/c13-7-12-9-5-1-3-8-4-2-6-11-10(8)9;1-2-4-6-5-3-1;1-2/h1-7H,(H,12,13);1-6H2;1-2H3. The highest BCUT2D eigenvalue weighted by atomic mass is 16.1. The van der Waals surface area contributed by atoms with Gasteiger partial charge < -0.3 is 5.32 Å². The average molecular weight is 286 g/mol. The number of pyridine rings is 1. The molecule has 21 heavy (non-hydrogen) atoms. The molecule has 1 aromatic carbocycles. The summed E-state index contributed by atoms with van der Waals surface area (Å²) in [6, 6.07) is 9.49. The van der Waals surface area contributed by atoms with Crippen LogP contribution in [0.25, 0.3) is 10.9 Å². The third kappa shape index (κ3) is 5.94. The lowest BCUT2D eigenvalue weighted by atomic mass is 10.0. The fourth-order valence-electron chi connectivity index (χ4n) is 2.34. The number of nitrogens with one attached hydrogen (secondary N) is 1. The predicted octanol–water partition coefficient (Wildman–Crippen LogP) is 5.17. The van der Waals surface area contributed by atoms with Crippen molar-refractivity contribution >= 4 is 23.0 Å². The van der Waals surface area contributed by atoms with Gasteiger partial charge in [-0.1, -0.05) is 70.6 Å². The summed E-state index contributed by atoms with van der Waals surface area (Å²) in [4.78, 5) is 14.5. The van der Waals surface area contributed by atoms with Gasteiger partial charge in [-0.2, -0.15) is 0 Å². The zero-order valence-electron chi connectivity index (χ0n) is 13.1. The normalized spacial score (nSPS) is 13.2. The van der Waals surface area contributed by atoms with Crippen LogP contribution in [0.4, 0.5) is 5.69 Å². The minimum atomic E-state index is 0.656. The Morgan fingerprint density at radius 1 is 0.952 bits per heavy atom. The van der Waals surface area contributed by atoms with Crippen molar-refractivity contribution in [3.8, 4) is 0 Å². The van der Waals surface area contributed by atoms with Crippen LogP contribution in [0.1, 0.15) is 52.4 Å². The second kappa shape index (κ2) is 10.8. The molecule has 1 aliphatic carbocycles. The zero-order chi connectivity index (χ0) is 15.3. The molecule has 1 saturated carbocycles. The lowest BCUT2D eigenvalue weighted by Gasteiger charge is -2.05. The van der Waals surface area contributed by atoms with Crippen LogP contribution >= 0.6 is 0 Å². The fraction of sp³-hybridized carbons (Fsp3) is 0.444.